The highest BCUT2D eigenvalue weighted by Gasteiger charge is 2.16. The molecule has 228 valence electrons. The summed E-state index contributed by atoms with van der Waals surface area (Å²) in [4.78, 5) is 10.4. The van der Waals surface area contributed by atoms with Gasteiger partial charge < -0.3 is 4.57 Å². The molecule has 3 aromatic heterocycles. The van der Waals surface area contributed by atoms with Crippen molar-refractivity contribution < 1.29 is 0 Å². The highest BCUT2D eigenvalue weighted by atomic mass is 15.0. The standard InChI is InChI=1S/C46H29N3/c1-3-11-32(12-4-1)44-37-16-7-9-17-41(37)48-46-38(44)26-23-33-24-27-40(47-45(33)46)31-21-19-30(20-22-31)34-25-28-43-39(29-34)36-15-8-10-18-42(36)49(43)35-13-5-2-6-14-35/h1-29H. The zero-order chi connectivity index (χ0) is 32.3. The fourth-order valence-corrected chi connectivity index (χ4v) is 7.45. The van der Waals surface area contributed by atoms with E-state index in [-0.39, 0.29) is 0 Å². The van der Waals surface area contributed by atoms with Gasteiger partial charge in [-0.2, -0.15) is 0 Å². The van der Waals surface area contributed by atoms with Gasteiger partial charge in [-0.15, -0.1) is 0 Å². The van der Waals surface area contributed by atoms with Gasteiger partial charge in [-0.25, -0.2) is 9.97 Å². The van der Waals surface area contributed by atoms with Crippen LogP contribution in [0.4, 0.5) is 0 Å². The van der Waals surface area contributed by atoms with Crippen molar-refractivity contribution in [3.05, 3.63) is 176 Å². The quantitative estimate of drug-likeness (QED) is 0.144. The molecule has 0 aliphatic rings. The van der Waals surface area contributed by atoms with Crippen LogP contribution in [0.25, 0.3) is 93.7 Å². The van der Waals surface area contributed by atoms with Crippen LogP contribution in [0.1, 0.15) is 0 Å². The Bertz CT molecular complexity index is 2850. The molecule has 0 amide bonds. The molecule has 0 atom stereocenters. The monoisotopic (exact) mass is 623 g/mol. The second kappa shape index (κ2) is 11.0. The topological polar surface area (TPSA) is 30.7 Å². The molecule has 10 rings (SSSR count). The first-order valence-corrected chi connectivity index (χ1v) is 16.7. The van der Waals surface area contributed by atoms with Gasteiger partial charge in [0, 0.05) is 43.7 Å². The lowest BCUT2D eigenvalue weighted by atomic mass is 9.95. The Morgan fingerprint density at radius 2 is 1.02 bits per heavy atom. The lowest BCUT2D eigenvalue weighted by molar-refractivity contribution is 1.18. The highest BCUT2D eigenvalue weighted by molar-refractivity contribution is 6.16. The van der Waals surface area contributed by atoms with Crippen LogP contribution < -0.4 is 0 Å². The first kappa shape index (κ1) is 27.5. The van der Waals surface area contributed by atoms with Gasteiger partial charge in [0.2, 0.25) is 0 Å². The van der Waals surface area contributed by atoms with Crippen molar-refractivity contribution in [2.45, 2.75) is 0 Å². The summed E-state index contributed by atoms with van der Waals surface area (Å²) in [7, 11) is 0. The molecular weight excluding hydrogens is 595 g/mol. The minimum atomic E-state index is 0.919. The molecule has 49 heavy (non-hydrogen) atoms. The van der Waals surface area contributed by atoms with E-state index in [9.17, 15) is 0 Å². The maximum atomic E-state index is 5.26. The van der Waals surface area contributed by atoms with E-state index in [4.69, 9.17) is 9.97 Å². The van der Waals surface area contributed by atoms with E-state index in [1.54, 1.807) is 0 Å². The summed E-state index contributed by atoms with van der Waals surface area (Å²) >= 11 is 0. The van der Waals surface area contributed by atoms with Crippen molar-refractivity contribution >= 4 is 54.5 Å². The van der Waals surface area contributed by atoms with Crippen LogP contribution in [0.15, 0.2) is 176 Å². The van der Waals surface area contributed by atoms with E-state index in [0.29, 0.717) is 0 Å². The number of hydrogen-bond donors (Lipinski definition) is 0. The summed E-state index contributed by atoms with van der Waals surface area (Å²) in [5.74, 6) is 0. The molecule has 0 unspecified atom stereocenters. The van der Waals surface area contributed by atoms with E-state index in [1.807, 2.05) is 0 Å². The third-order valence-electron chi connectivity index (χ3n) is 9.77. The second-order valence-electron chi connectivity index (χ2n) is 12.6. The molecule has 0 radical (unpaired) electrons. The number of aromatic nitrogens is 3. The number of nitrogens with zero attached hydrogens (tertiary/aromatic N) is 3. The summed E-state index contributed by atoms with van der Waals surface area (Å²) in [6, 6.07) is 62.5. The molecular formula is C46H29N3. The third-order valence-corrected chi connectivity index (χ3v) is 9.77. The second-order valence-corrected chi connectivity index (χ2v) is 12.6. The lowest BCUT2D eigenvalue weighted by Crippen LogP contribution is -1.93. The summed E-state index contributed by atoms with van der Waals surface area (Å²) in [5, 5.41) is 5.84. The predicted molar refractivity (Wildman–Crippen MR) is 205 cm³/mol. The van der Waals surface area contributed by atoms with Gasteiger partial charge >= 0.3 is 0 Å². The number of rotatable bonds is 4. The molecule has 10 aromatic rings. The Morgan fingerprint density at radius 1 is 0.367 bits per heavy atom. The smallest absolute Gasteiger partial charge is 0.0978 e. The first-order valence-electron chi connectivity index (χ1n) is 16.7. The molecule has 0 fully saturated rings. The minimum absolute atomic E-state index is 0.919. The van der Waals surface area contributed by atoms with Crippen LogP contribution in [0.3, 0.4) is 0 Å². The van der Waals surface area contributed by atoms with Crippen LogP contribution in [0.2, 0.25) is 0 Å². The van der Waals surface area contributed by atoms with Gasteiger partial charge in [0.25, 0.3) is 0 Å². The average Bonchev–Trinajstić information content (AvgIpc) is 3.51. The highest BCUT2D eigenvalue weighted by Crippen LogP contribution is 2.38. The van der Waals surface area contributed by atoms with Gasteiger partial charge in [0.15, 0.2) is 0 Å². The molecule has 0 spiro atoms. The van der Waals surface area contributed by atoms with Crippen LogP contribution in [0.5, 0.6) is 0 Å². The van der Waals surface area contributed by atoms with E-state index in [0.717, 1.165) is 44.0 Å². The molecule has 7 aromatic carbocycles. The van der Waals surface area contributed by atoms with Gasteiger partial charge in [0.05, 0.1) is 33.3 Å². The minimum Gasteiger partial charge on any atom is -0.309 e. The molecule has 0 aliphatic carbocycles. The SMILES string of the molecule is c1ccc(-c2c3ccccc3nc3c2ccc2ccc(-c4ccc(-c5ccc6c(c5)c5ccccc5n6-c5ccccc5)cc4)nc23)cc1. The van der Waals surface area contributed by atoms with Gasteiger partial charge in [-0.3, -0.25) is 0 Å². The lowest BCUT2D eigenvalue weighted by Gasteiger charge is -2.13. The van der Waals surface area contributed by atoms with Crippen molar-refractivity contribution in [3.63, 3.8) is 0 Å². The molecule has 0 saturated heterocycles. The predicted octanol–water partition coefficient (Wildman–Crippen LogP) is 12.0. The molecule has 0 aliphatic heterocycles. The molecule has 3 heterocycles. The third kappa shape index (κ3) is 4.44. The Morgan fingerprint density at radius 3 is 1.86 bits per heavy atom. The molecule has 0 bridgehead atoms. The Kier molecular flexibility index (Phi) is 6.18. The first-order chi connectivity index (χ1) is 24.3. The van der Waals surface area contributed by atoms with Crippen LogP contribution in [-0.4, -0.2) is 14.5 Å². The largest absolute Gasteiger partial charge is 0.309 e. The summed E-state index contributed by atoms with van der Waals surface area (Å²) in [6.07, 6.45) is 0. The van der Waals surface area contributed by atoms with Gasteiger partial charge in [-0.05, 0) is 59.2 Å². The maximum Gasteiger partial charge on any atom is 0.0978 e. The van der Waals surface area contributed by atoms with Gasteiger partial charge in [0.1, 0.15) is 0 Å². The van der Waals surface area contributed by atoms with E-state index in [2.05, 4.69) is 180 Å². The fourth-order valence-electron chi connectivity index (χ4n) is 7.45. The van der Waals surface area contributed by atoms with E-state index in [1.165, 1.54) is 49.7 Å². The molecule has 3 heteroatoms. The average molecular weight is 624 g/mol. The Labute approximate surface area is 283 Å². The maximum absolute atomic E-state index is 5.26. The van der Waals surface area contributed by atoms with Crippen molar-refractivity contribution in [2.24, 2.45) is 0 Å². The normalized spacial score (nSPS) is 11.7. The zero-order valence-electron chi connectivity index (χ0n) is 26.6. The van der Waals surface area contributed by atoms with Crippen molar-refractivity contribution in [2.75, 3.05) is 0 Å². The van der Waals surface area contributed by atoms with Crippen molar-refractivity contribution in [3.8, 4) is 39.2 Å². The van der Waals surface area contributed by atoms with E-state index >= 15 is 0 Å². The molecule has 0 saturated carbocycles. The fraction of sp³-hybridized carbons (Fsp3) is 0. The van der Waals surface area contributed by atoms with Crippen LogP contribution in [0, 0.1) is 0 Å². The van der Waals surface area contributed by atoms with Crippen LogP contribution in [-0.2, 0) is 0 Å². The zero-order valence-corrected chi connectivity index (χ0v) is 26.6. The summed E-state index contributed by atoms with van der Waals surface area (Å²) in [5.41, 5.74) is 13.2. The van der Waals surface area contributed by atoms with Crippen LogP contribution >= 0.6 is 0 Å². The van der Waals surface area contributed by atoms with E-state index < -0.39 is 0 Å². The number of hydrogen-bond acceptors (Lipinski definition) is 2. The summed E-state index contributed by atoms with van der Waals surface area (Å²) in [6.45, 7) is 0. The summed E-state index contributed by atoms with van der Waals surface area (Å²) < 4.78 is 2.35. The number of fused-ring (bicyclic) bond motifs is 7. The molecule has 3 nitrogen and oxygen atoms in total. The number of para-hydroxylation sites is 3. The van der Waals surface area contributed by atoms with Crippen molar-refractivity contribution in [1.29, 1.82) is 0 Å². The van der Waals surface area contributed by atoms with Crippen molar-refractivity contribution in [1.82, 2.24) is 14.5 Å². The number of benzene rings is 7. The Balaban J connectivity index is 1.08. The Hall–Kier alpha value is -6.58. The molecule has 0 N–H and O–H groups in total. The van der Waals surface area contributed by atoms with Gasteiger partial charge in [-0.1, -0.05) is 133 Å². The number of pyridine rings is 2.